The summed E-state index contributed by atoms with van der Waals surface area (Å²) in [6, 6.07) is -0.00843. The van der Waals surface area contributed by atoms with Crippen LogP contribution in [-0.4, -0.2) is 65.8 Å². The number of aliphatic carboxylic acids is 1. The molecule has 0 saturated carbocycles. The number of amides is 2. The lowest BCUT2D eigenvalue weighted by atomic mass is 9.98. The Morgan fingerprint density at radius 3 is 2.45 bits per heavy atom. The predicted molar refractivity (Wildman–Crippen MR) is 73.5 cm³/mol. The van der Waals surface area contributed by atoms with Crippen molar-refractivity contribution in [3.63, 3.8) is 0 Å². The molecule has 2 amide bonds. The second-order valence-electron chi connectivity index (χ2n) is 5.55. The molecule has 6 nitrogen and oxygen atoms in total. The topological polar surface area (TPSA) is 70.1 Å². The van der Waals surface area contributed by atoms with Crippen LogP contribution in [0.15, 0.2) is 0 Å². The third kappa shape index (κ3) is 3.62. The van der Waals surface area contributed by atoms with E-state index in [-0.39, 0.29) is 12.1 Å². The molecule has 20 heavy (non-hydrogen) atoms. The summed E-state index contributed by atoms with van der Waals surface area (Å²) in [6.45, 7) is 5.13. The van der Waals surface area contributed by atoms with Crippen LogP contribution in [0, 0.1) is 5.92 Å². The van der Waals surface area contributed by atoms with E-state index in [1.165, 1.54) is 0 Å². The number of carbonyl (C=O) groups excluding carboxylic acids is 1. The van der Waals surface area contributed by atoms with E-state index in [1.54, 1.807) is 4.90 Å². The van der Waals surface area contributed by atoms with E-state index in [4.69, 9.17) is 9.84 Å². The summed E-state index contributed by atoms with van der Waals surface area (Å²) < 4.78 is 5.58. The number of urea groups is 1. The minimum absolute atomic E-state index is 0.00843. The minimum Gasteiger partial charge on any atom is -0.481 e. The monoisotopic (exact) mass is 284 g/mol. The lowest BCUT2D eigenvalue weighted by Gasteiger charge is -2.38. The number of nitrogens with zero attached hydrogens (tertiary/aromatic N) is 2. The first-order valence-electron chi connectivity index (χ1n) is 7.50. The summed E-state index contributed by atoms with van der Waals surface area (Å²) in [6.07, 6.45) is 3.45. The van der Waals surface area contributed by atoms with Crippen LogP contribution in [0.1, 0.15) is 32.6 Å². The fourth-order valence-electron chi connectivity index (χ4n) is 3.00. The Morgan fingerprint density at radius 1 is 1.15 bits per heavy atom. The number of piperidine rings is 2. The number of likely N-dealkylation sites (tertiary alicyclic amines) is 2. The average Bonchev–Trinajstić information content (AvgIpc) is 2.48. The van der Waals surface area contributed by atoms with Crippen LogP contribution < -0.4 is 0 Å². The molecule has 2 rings (SSSR count). The molecule has 0 aromatic carbocycles. The van der Waals surface area contributed by atoms with E-state index in [9.17, 15) is 9.59 Å². The smallest absolute Gasteiger partial charge is 0.320 e. The molecule has 2 aliphatic heterocycles. The van der Waals surface area contributed by atoms with Crippen LogP contribution >= 0.6 is 0 Å². The molecular weight excluding hydrogens is 260 g/mol. The van der Waals surface area contributed by atoms with Crippen molar-refractivity contribution < 1.29 is 19.4 Å². The molecule has 2 heterocycles. The molecule has 6 heteroatoms. The van der Waals surface area contributed by atoms with Gasteiger partial charge in [-0.25, -0.2) is 4.79 Å². The summed E-state index contributed by atoms with van der Waals surface area (Å²) in [5, 5.41) is 9.07. The van der Waals surface area contributed by atoms with Gasteiger partial charge in [0, 0.05) is 32.8 Å². The lowest BCUT2D eigenvalue weighted by Crippen LogP contribution is -2.51. The number of carboxylic acids is 1. The van der Waals surface area contributed by atoms with E-state index in [2.05, 4.69) is 0 Å². The van der Waals surface area contributed by atoms with Crippen LogP contribution in [0.25, 0.3) is 0 Å². The molecule has 2 saturated heterocycles. The van der Waals surface area contributed by atoms with Crippen molar-refractivity contribution in [3.8, 4) is 0 Å². The fourth-order valence-corrected chi connectivity index (χ4v) is 3.00. The largest absolute Gasteiger partial charge is 0.481 e. The molecule has 0 aromatic heterocycles. The molecule has 1 unspecified atom stereocenters. The highest BCUT2D eigenvalue weighted by molar-refractivity contribution is 5.76. The highest BCUT2D eigenvalue weighted by atomic mass is 16.5. The predicted octanol–water partition coefficient (Wildman–Crippen LogP) is 1.40. The summed E-state index contributed by atoms with van der Waals surface area (Å²) >= 11 is 0. The fraction of sp³-hybridized carbons (Fsp3) is 0.857. The Kier molecular flexibility index (Phi) is 5.23. The first-order valence-corrected chi connectivity index (χ1v) is 7.50. The first kappa shape index (κ1) is 15.1. The van der Waals surface area contributed by atoms with Gasteiger partial charge in [0.15, 0.2) is 0 Å². The van der Waals surface area contributed by atoms with Crippen LogP contribution in [-0.2, 0) is 9.53 Å². The van der Waals surface area contributed by atoms with Gasteiger partial charge in [-0.05, 0) is 32.6 Å². The molecule has 0 aliphatic carbocycles. The third-order valence-electron chi connectivity index (χ3n) is 4.16. The van der Waals surface area contributed by atoms with Crippen molar-refractivity contribution in [2.45, 2.75) is 38.7 Å². The lowest BCUT2D eigenvalue weighted by molar-refractivity contribution is -0.143. The van der Waals surface area contributed by atoms with E-state index >= 15 is 0 Å². The molecule has 1 atom stereocenters. The number of hydrogen-bond donors (Lipinski definition) is 1. The van der Waals surface area contributed by atoms with Crippen molar-refractivity contribution in [2.75, 3.05) is 32.8 Å². The number of rotatable bonds is 3. The van der Waals surface area contributed by atoms with Crippen LogP contribution in [0.5, 0.6) is 0 Å². The van der Waals surface area contributed by atoms with Gasteiger partial charge >= 0.3 is 12.0 Å². The van der Waals surface area contributed by atoms with Gasteiger partial charge in [-0.1, -0.05) is 0 Å². The van der Waals surface area contributed by atoms with Crippen molar-refractivity contribution in [2.24, 2.45) is 5.92 Å². The normalized spacial score (nSPS) is 24.8. The van der Waals surface area contributed by atoms with Crippen molar-refractivity contribution in [1.82, 2.24) is 9.80 Å². The molecule has 114 valence electrons. The Labute approximate surface area is 119 Å². The zero-order valence-electron chi connectivity index (χ0n) is 12.1. The Hall–Kier alpha value is -1.30. The van der Waals surface area contributed by atoms with Gasteiger partial charge in [0.25, 0.3) is 0 Å². The molecule has 0 spiro atoms. The van der Waals surface area contributed by atoms with Gasteiger partial charge in [-0.3, -0.25) is 4.79 Å². The van der Waals surface area contributed by atoms with E-state index in [1.807, 2.05) is 11.8 Å². The van der Waals surface area contributed by atoms with E-state index < -0.39 is 11.9 Å². The molecule has 0 aromatic rings. The summed E-state index contributed by atoms with van der Waals surface area (Å²) in [5.41, 5.74) is 0. The van der Waals surface area contributed by atoms with Gasteiger partial charge in [-0.15, -0.1) is 0 Å². The van der Waals surface area contributed by atoms with Crippen LogP contribution in [0.3, 0.4) is 0 Å². The summed E-state index contributed by atoms with van der Waals surface area (Å²) in [7, 11) is 0. The number of carboxylic acid groups (broad SMARTS) is 1. The molecule has 0 radical (unpaired) electrons. The van der Waals surface area contributed by atoms with Crippen LogP contribution in [0.4, 0.5) is 4.79 Å². The Bertz CT molecular complexity index is 353. The maximum Gasteiger partial charge on any atom is 0.320 e. The number of carbonyl (C=O) groups is 2. The highest BCUT2D eigenvalue weighted by Gasteiger charge is 2.32. The standard InChI is InChI=1S/C14H24N2O4/c1-2-20-12-5-8-15(9-6-12)14(19)16-7-3-4-11(10-16)13(17)18/h11-12H,2-10H2,1H3,(H,17,18). The molecule has 0 bridgehead atoms. The van der Waals surface area contributed by atoms with Gasteiger partial charge in [0.1, 0.15) is 0 Å². The minimum atomic E-state index is -0.794. The SMILES string of the molecule is CCOC1CCN(C(=O)N2CCCC(C(=O)O)C2)CC1. The molecular formula is C14H24N2O4. The average molecular weight is 284 g/mol. The second-order valence-corrected chi connectivity index (χ2v) is 5.55. The van der Waals surface area contributed by atoms with Crippen LogP contribution in [0.2, 0.25) is 0 Å². The Balaban J connectivity index is 1.84. The van der Waals surface area contributed by atoms with Crippen molar-refractivity contribution >= 4 is 12.0 Å². The summed E-state index contributed by atoms with van der Waals surface area (Å²) in [4.78, 5) is 27.0. The maximum atomic E-state index is 12.4. The second kappa shape index (κ2) is 6.92. The zero-order valence-corrected chi connectivity index (χ0v) is 12.1. The van der Waals surface area contributed by atoms with Crippen molar-refractivity contribution in [1.29, 1.82) is 0 Å². The molecule has 1 N–H and O–H groups in total. The number of hydrogen-bond acceptors (Lipinski definition) is 3. The highest BCUT2D eigenvalue weighted by Crippen LogP contribution is 2.20. The maximum absolute atomic E-state index is 12.4. The van der Waals surface area contributed by atoms with E-state index in [0.717, 1.165) is 19.3 Å². The van der Waals surface area contributed by atoms with Gasteiger partial charge in [0.05, 0.1) is 12.0 Å². The quantitative estimate of drug-likeness (QED) is 0.850. The molecule has 2 fully saturated rings. The van der Waals surface area contributed by atoms with Gasteiger partial charge in [0.2, 0.25) is 0 Å². The van der Waals surface area contributed by atoms with Gasteiger partial charge in [-0.2, -0.15) is 0 Å². The first-order chi connectivity index (χ1) is 9.61. The van der Waals surface area contributed by atoms with Gasteiger partial charge < -0.3 is 19.6 Å². The third-order valence-corrected chi connectivity index (χ3v) is 4.16. The zero-order chi connectivity index (χ0) is 14.5. The molecule has 2 aliphatic rings. The summed E-state index contributed by atoms with van der Waals surface area (Å²) in [5.74, 6) is -1.20. The Morgan fingerprint density at radius 2 is 1.85 bits per heavy atom. The van der Waals surface area contributed by atoms with Crippen molar-refractivity contribution in [3.05, 3.63) is 0 Å². The van der Waals surface area contributed by atoms with E-state index in [0.29, 0.717) is 39.2 Å². The number of ether oxygens (including phenoxy) is 1.